The number of esters is 1. The Morgan fingerprint density at radius 2 is 1.90 bits per heavy atom. The summed E-state index contributed by atoms with van der Waals surface area (Å²) in [5, 5.41) is 11.3. The zero-order valence-electron chi connectivity index (χ0n) is 11.9. The molecule has 0 amide bonds. The molecule has 1 N–H and O–H groups in total. The van der Waals surface area contributed by atoms with Gasteiger partial charge in [0.25, 0.3) is 0 Å². The molecule has 0 fully saturated rings. The number of phenols is 1. The van der Waals surface area contributed by atoms with Crippen LogP contribution < -0.4 is 4.74 Å². The van der Waals surface area contributed by atoms with E-state index in [1.807, 2.05) is 0 Å². The van der Waals surface area contributed by atoms with Crippen molar-refractivity contribution in [2.45, 2.75) is 13.3 Å². The number of ether oxygens (including phenoxy) is 2. The first-order chi connectivity index (χ1) is 10.0. The molecule has 0 atom stereocenters. The Balaban J connectivity index is 2.29. The molecule has 110 valence electrons. The van der Waals surface area contributed by atoms with Crippen molar-refractivity contribution in [1.82, 2.24) is 0 Å². The Morgan fingerprint density at radius 3 is 2.57 bits per heavy atom. The summed E-state index contributed by atoms with van der Waals surface area (Å²) < 4.78 is 10.00. The number of carbonyl (C=O) groups excluding carboxylic acids is 2. The second kappa shape index (κ2) is 6.26. The van der Waals surface area contributed by atoms with Gasteiger partial charge in [0.2, 0.25) is 0 Å². The Kier molecular flexibility index (Phi) is 4.42. The molecule has 0 aliphatic heterocycles. The fourth-order valence-electron chi connectivity index (χ4n) is 2.10. The summed E-state index contributed by atoms with van der Waals surface area (Å²) in [6, 6.07) is 8.46. The van der Waals surface area contributed by atoms with E-state index in [9.17, 15) is 14.7 Å². The minimum atomic E-state index is -0.349. The maximum atomic E-state index is 11.7. The van der Waals surface area contributed by atoms with Gasteiger partial charge in [-0.15, -0.1) is 0 Å². The van der Waals surface area contributed by atoms with E-state index < -0.39 is 0 Å². The van der Waals surface area contributed by atoms with E-state index in [0.29, 0.717) is 11.1 Å². The first kappa shape index (κ1) is 14.8. The first-order valence-corrected chi connectivity index (χ1v) is 6.49. The van der Waals surface area contributed by atoms with Gasteiger partial charge < -0.3 is 14.6 Å². The molecule has 0 heterocycles. The molecule has 5 nitrogen and oxygen atoms in total. The maximum Gasteiger partial charge on any atom is 0.308 e. The van der Waals surface area contributed by atoms with Crippen LogP contribution in [0.25, 0.3) is 10.8 Å². The number of aromatic hydroxyl groups is 1. The van der Waals surface area contributed by atoms with Gasteiger partial charge >= 0.3 is 5.97 Å². The number of fused-ring (bicyclic) bond motifs is 1. The highest BCUT2D eigenvalue weighted by atomic mass is 16.5. The average Bonchev–Trinajstić information content (AvgIpc) is 2.46. The van der Waals surface area contributed by atoms with Crippen LogP contribution in [0.15, 0.2) is 30.3 Å². The second-order valence-electron chi connectivity index (χ2n) is 4.57. The predicted octanol–water partition coefficient (Wildman–Crippen LogP) is 2.69. The third-order valence-corrected chi connectivity index (χ3v) is 3.13. The van der Waals surface area contributed by atoms with E-state index in [1.54, 1.807) is 24.3 Å². The van der Waals surface area contributed by atoms with Gasteiger partial charge in [0, 0.05) is 0 Å². The molecule has 0 radical (unpaired) electrons. The largest absolute Gasteiger partial charge is 0.507 e. The van der Waals surface area contributed by atoms with Crippen molar-refractivity contribution in [2.24, 2.45) is 0 Å². The molecule has 2 aromatic rings. The molecule has 0 aliphatic carbocycles. The lowest BCUT2D eigenvalue weighted by Gasteiger charge is -2.10. The van der Waals surface area contributed by atoms with Crippen molar-refractivity contribution >= 4 is 22.5 Å². The summed E-state index contributed by atoms with van der Waals surface area (Å²) in [5.41, 5.74) is 0.269. The maximum absolute atomic E-state index is 11.7. The second-order valence-corrected chi connectivity index (χ2v) is 4.57. The zero-order valence-corrected chi connectivity index (χ0v) is 11.9. The summed E-state index contributed by atoms with van der Waals surface area (Å²) >= 11 is 0. The molecular weight excluding hydrogens is 272 g/mol. The van der Waals surface area contributed by atoms with Crippen molar-refractivity contribution in [1.29, 1.82) is 0 Å². The van der Waals surface area contributed by atoms with Gasteiger partial charge in [-0.2, -0.15) is 0 Å². The van der Waals surface area contributed by atoms with Gasteiger partial charge in [0.1, 0.15) is 11.5 Å². The van der Waals surface area contributed by atoms with E-state index in [-0.39, 0.29) is 36.1 Å². The Hall–Kier alpha value is -2.56. The van der Waals surface area contributed by atoms with Gasteiger partial charge in [-0.05, 0) is 35.9 Å². The number of rotatable bonds is 5. The van der Waals surface area contributed by atoms with Crippen LogP contribution in [0.5, 0.6) is 11.5 Å². The van der Waals surface area contributed by atoms with Crippen molar-refractivity contribution < 1.29 is 24.2 Å². The summed E-state index contributed by atoms with van der Waals surface area (Å²) in [4.78, 5) is 22.7. The Labute approximate surface area is 122 Å². The lowest BCUT2D eigenvalue weighted by Crippen LogP contribution is -2.07. The van der Waals surface area contributed by atoms with E-state index >= 15 is 0 Å². The Morgan fingerprint density at radius 1 is 1.19 bits per heavy atom. The highest BCUT2D eigenvalue weighted by Gasteiger charge is 2.12. The first-order valence-electron chi connectivity index (χ1n) is 6.49. The summed E-state index contributed by atoms with van der Waals surface area (Å²) in [6.45, 7) is 1.59. The van der Waals surface area contributed by atoms with Crippen LogP contribution in [0.4, 0.5) is 0 Å². The van der Waals surface area contributed by atoms with Crippen LogP contribution in [-0.2, 0) is 9.53 Å². The van der Waals surface area contributed by atoms with Gasteiger partial charge in [0.05, 0.1) is 25.7 Å². The molecule has 21 heavy (non-hydrogen) atoms. The van der Waals surface area contributed by atoms with Crippen LogP contribution in [0.3, 0.4) is 0 Å². The van der Waals surface area contributed by atoms with E-state index in [0.717, 1.165) is 5.39 Å². The standard InChI is InChI=1S/C16H16O5/c1-10(17)16-13-9-12(21-8-7-15(19)20-2)5-3-11(13)4-6-14(16)18/h3-6,9,18H,7-8H2,1-2H3. The van der Waals surface area contributed by atoms with Gasteiger partial charge in [-0.25, -0.2) is 0 Å². The number of carbonyl (C=O) groups is 2. The highest BCUT2D eigenvalue weighted by Crippen LogP contribution is 2.30. The molecule has 0 saturated carbocycles. The van der Waals surface area contributed by atoms with Crippen LogP contribution in [-0.4, -0.2) is 30.6 Å². The quantitative estimate of drug-likeness (QED) is 0.676. The number of Topliss-reactive ketones (excluding diaryl/α,β-unsaturated/α-hetero) is 1. The smallest absolute Gasteiger partial charge is 0.308 e. The summed E-state index contributed by atoms with van der Waals surface area (Å²) in [7, 11) is 1.32. The minimum Gasteiger partial charge on any atom is -0.507 e. The molecule has 5 heteroatoms. The molecular formula is C16H16O5. The highest BCUT2D eigenvalue weighted by molar-refractivity contribution is 6.09. The molecule has 0 aliphatic rings. The molecule has 0 bridgehead atoms. The van der Waals surface area contributed by atoms with Crippen LogP contribution in [0, 0.1) is 0 Å². The molecule has 0 saturated heterocycles. The normalized spacial score (nSPS) is 10.4. The monoisotopic (exact) mass is 288 g/mol. The van der Waals surface area contributed by atoms with Crippen LogP contribution >= 0.6 is 0 Å². The summed E-state index contributed by atoms with van der Waals surface area (Å²) in [6.07, 6.45) is 0.147. The molecule has 0 spiro atoms. The SMILES string of the molecule is COC(=O)CCOc1ccc2ccc(O)c(C(C)=O)c2c1. The number of benzene rings is 2. The Bertz CT molecular complexity index is 690. The van der Waals surface area contributed by atoms with Gasteiger partial charge in [0.15, 0.2) is 5.78 Å². The van der Waals surface area contributed by atoms with Crippen LogP contribution in [0.1, 0.15) is 23.7 Å². The van der Waals surface area contributed by atoms with Crippen molar-refractivity contribution in [2.75, 3.05) is 13.7 Å². The van der Waals surface area contributed by atoms with E-state index in [4.69, 9.17) is 4.74 Å². The third kappa shape index (κ3) is 3.31. The third-order valence-electron chi connectivity index (χ3n) is 3.13. The van der Waals surface area contributed by atoms with Crippen molar-refractivity contribution in [3.8, 4) is 11.5 Å². The number of hydrogen-bond donors (Lipinski definition) is 1. The van der Waals surface area contributed by atoms with E-state index in [1.165, 1.54) is 20.1 Å². The fourth-order valence-corrected chi connectivity index (χ4v) is 2.10. The van der Waals surface area contributed by atoms with Gasteiger partial charge in [-0.1, -0.05) is 12.1 Å². The molecule has 0 unspecified atom stereocenters. The number of hydrogen-bond acceptors (Lipinski definition) is 5. The number of phenolic OH excluding ortho intramolecular Hbond substituents is 1. The average molecular weight is 288 g/mol. The summed E-state index contributed by atoms with van der Waals surface area (Å²) in [5.74, 6) is -0.0936. The lowest BCUT2D eigenvalue weighted by molar-refractivity contribution is -0.141. The number of methoxy groups -OCH3 is 1. The van der Waals surface area contributed by atoms with E-state index in [2.05, 4.69) is 4.74 Å². The van der Waals surface area contributed by atoms with Crippen molar-refractivity contribution in [3.05, 3.63) is 35.9 Å². The number of ketones is 1. The molecule has 2 rings (SSSR count). The van der Waals surface area contributed by atoms with Crippen LogP contribution in [0.2, 0.25) is 0 Å². The minimum absolute atomic E-state index is 0.0540. The zero-order chi connectivity index (χ0) is 15.4. The topological polar surface area (TPSA) is 72.8 Å². The molecule has 2 aromatic carbocycles. The van der Waals surface area contributed by atoms with Gasteiger partial charge in [-0.3, -0.25) is 9.59 Å². The molecule has 0 aromatic heterocycles. The fraction of sp³-hybridized carbons (Fsp3) is 0.250. The van der Waals surface area contributed by atoms with Crippen molar-refractivity contribution in [3.63, 3.8) is 0 Å². The lowest BCUT2D eigenvalue weighted by atomic mass is 10.0. The predicted molar refractivity (Wildman–Crippen MR) is 77.7 cm³/mol.